The molecule has 240 valence electrons. The fourth-order valence-electron chi connectivity index (χ4n) is 5.12. The van der Waals surface area contributed by atoms with Crippen LogP contribution in [0.1, 0.15) is 21.5 Å². The summed E-state index contributed by atoms with van der Waals surface area (Å²) >= 11 is 7.85. The number of nitro groups is 1. The molecule has 0 saturated carbocycles. The number of carbonyl (C=O) groups excluding carboxylic acids is 1. The highest BCUT2D eigenvalue weighted by Crippen LogP contribution is 2.29. The fraction of sp³-hybridized carbons (Fsp3) is 0.303. The van der Waals surface area contributed by atoms with E-state index < -0.39 is 4.92 Å². The number of non-ortho nitro benzene ring substituents is 1. The first kappa shape index (κ1) is 32.8. The van der Waals surface area contributed by atoms with Gasteiger partial charge in [0, 0.05) is 75.0 Å². The van der Waals surface area contributed by atoms with E-state index in [1.54, 1.807) is 32.4 Å². The number of methoxy groups -OCH3 is 2. The Labute approximate surface area is 277 Å². The Bertz CT molecular complexity index is 1670. The van der Waals surface area contributed by atoms with Crippen LogP contribution in [0.4, 0.5) is 17.2 Å². The smallest absolute Gasteiger partial charge is 0.269 e. The number of aromatic nitrogens is 2. The molecular weight excluding hydrogens is 628 g/mol. The average Bonchev–Trinajstić information content (AvgIpc) is 3.09. The highest BCUT2D eigenvalue weighted by atomic mass is 35.5. The molecule has 0 radical (unpaired) electrons. The third-order valence-corrected chi connectivity index (χ3v) is 8.91. The van der Waals surface area contributed by atoms with Gasteiger partial charge in [-0.3, -0.25) is 14.9 Å². The molecule has 1 aliphatic heterocycles. The molecule has 1 saturated heterocycles. The second-order valence-electron chi connectivity index (χ2n) is 10.7. The molecule has 46 heavy (non-hydrogen) atoms. The van der Waals surface area contributed by atoms with Gasteiger partial charge in [-0.05, 0) is 53.9 Å². The van der Waals surface area contributed by atoms with Gasteiger partial charge >= 0.3 is 0 Å². The summed E-state index contributed by atoms with van der Waals surface area (Å²) in [5, 5.41) is 11.9. The van der Waals surface area contributed by atoms with E-state index in [2.05, 4.69) is 9.88 Å². The maximum atomic E-state index is 13.2. The number of rotatable bonds is 12. The van der Waals surface area contributed by atoms with Crippen molar-refractivity contribution in [2.45, 2.75) is 17.3 Å². The number of ether oxygens (including phenoxy) is 2. The molecule has 0 unspecified atom stereocenters. The van der Waals surface area contributed by atoms with Gasteiger partial charge in [0.2, 0.25) is 0 Å². The highest BCUT2D eigenvalue weighted by Gasteiger charge is 2.23. The zero-order valence-electron chi connectivity index (χ0n) is 25.9. The van der Waals surface area contributed by atoms with Crippen molar-refractivity contribution >= 4 is 46.5 Å². The minimum atomic E-state index is -0.407. The second-order valence-corrected chi connectivity index (χ2v) is 12.1. The molecule has 0 atom stereocenters. The maximum absolute atomic E-state index is 13.2. The lowest BCUT2D eigenvalue weighted by molar-refractivity contribution is -0.384. The number of nitro benzene ring substituents is 1. The molecule has 11 nitrogen and oxygen atoms in total. The average molecular weight is 663 g/mol. The van der Waals surface area contributed by atoms with E-state index in [4.69, 9.17) is 26.1 Å². The minimum Gasteiger partial charge on any atom is -0.493 e. The van der Waals surface area contributed by atoms with Crippen LogP contribution in [0.25, 0.3) is 0 Å². The van der Waals surface area contributed by atoms with E-state index >= 15 is 0 Å². The molecule has 2 heterocycles. The van der Waals surface area contributed by atoms with Crippen molar-refractivity contribution in [2.24, 2.45) is 0 Å². The number of likely N-dealkylation sites (N-methyl/N-ethyl adjacent to an activating group) is 1. The number of anilines is 2. The van der Waals surface area contributed by atoms with E-state index in [0.29, 0.717) is 65.8 Å². The number of hydrogen-bond donors (Lipinski definition) is 0. The van der Waals surface area contributed by atoms with Crippen molar-refractivity contribution in [1.82, 2.24) is 14.9 Å². The first-order valence-corrected chi connectivity index (χ1v) is 16.1. The lowest BCUT2D eigenvalue weighted by Gasteiger charge is -2.36. The Hall–Kier alpha value is -4.55. The highest BCUT2D eigenvalue weighted by molar-refractivity contribution is 7.98. The zero-order chi connectivity index (χ0) is 32.6. The van der Waals surface area contributed by atoms with Gasteiger partial charge in [-0.25, -0.2) is 9.97 Å². The summed E-state index contributed by atoms with van der Waals surface area (Å²) in [6.07, 6.45) is 0.779. The lowest BCUT2D eigenvalue weighted by atomic mass is 10.1. The summed E-state index contributed by atoms with van der Waals surface area (Å²) in [6, 6.07) is 21.8. The van der Waals surface area contributed by atoms with E-state index in [-0.39, 0.29) is 11.6 Å². The number of piperazine rings is 1. The molecule has 1 aliphatic rings. The van der Waals surface area contributed by atoms with Gasteiger partial charge in [0.05, 0.1) is 19.1 Å². The van der Waals surface area contributed by atoms with E-state index in [9.17, 15) is 14.9 Å². The number of amides is 1. The summed E-state index contributed by atoms with van der Waals surface area (Å²) in [4.78, 5) is 38.8. The first-order valence-electron chi connectivity index (χ1n) is 14.7. The van der Waals surface area contributed by atoms with Crippen LogP contribution < -0.4 is 19.3 Å². The van der Waals surface area contributed by atoms with Crippen LogP contribution in [-0.4, -0.2) is 79.7 Å². The maximum Gasteiger partial charge on any atom is 0.269 e. The van der Waals surface area contributed by atoms with Crippen LogP contribution in [0, 0.1) is 10.1 Å². The van der Waals surface area contributed by atoms with Crippen LogP contribution in [0.15, 0.2) is 78.0 Å². The van der Waals surface area contributed by atoms with Crippen LogP contribution in [-0.2, 0) is 12.2 Å². The Morgan fingerprint density at radius 3 is 2.26 bits per heavy atom. The fourth-order valence-corrected chi connectivity index (χ4v) is 6.16. The third-order valence-electron chi connectivity index (χ3n) is 7.80. The number of nitrogens with zero attached hydrogens (tertiary/aromatic N) is 6. The topological polar surface area (TPSA) is 114 Å². The molecule has 1 aromatic heterocycles. The summed E-state index contributed by atoms with van der Waals surface area (Å²) < 4.78 is 10.8. The predicted molar refractivity (Wildman–Crippen MR) is 181 cm³/mol. The normalized spacial score (nSPS) is 13.0. The molecule has 0 spiro atoms. The van der Waals surface area contributed by atoms with E-state index in [0.717, 1.165) is 29.1 Å². The molecule has 0 bridgehead atoms. The summed E-state index contributed by atoms with van der Waals surface area (Å²) in [5.74, 6) is 2.74. The Kier molecular flexibility index (Phi) is 10.8. The van der Waals surface area contributed by atoms with Crippen molar-refractivity contribution in [1.29, 1.82) is 0 Å². The number of thioether (sulfide) groups is 1. The van der Waals surface area contributed by atoms with E-state index in [1.807, 2.05) is 59.3 Å². The molecule has 4 aromatic rings. The second kappa shape index (κ2) is 15.2. The van der Waals surface area contributed by atoms with Gasteiger partial charge in [-0.1, -0.05) is 41.6 Å². The molecule has 13 heteroatoms. The van der Waals surface area contributed by atoms with Crippen molar-refractivity contribution in [3.63, 3.8) is 0 Å². The first-order chi connectivity index (χ1) is 22.2. The molecular formula is C33H35ClN6O5S. The number of hydrogen-bond acceptors (Lipinski definition) is 10. The predicted octanol–water partition coefficient (Wildman–Crippen LogP) is 5.99. The summed E-state index contributed by atoms with van der Waals surface area (Å²) in [5.41, 5.74) is 3.77. The van der Waals surface area contributed by atoms with E-state index in [1.165, 1.54) is 23.9 Å². The summed E-state index contributed by atoms with van der Waals surface area (Å²) in [7, 11) is 5.22. The molecule has 1 amide bonds. The van der Waals surface area contributed by atoms with Gasteiger partial charge in [-0.2, -0.15) is 0 Å². The van der Waals surface area contributed by atoms with Gasteiger partial charge in [-0.15, -0.1) is 0 Å². The Morgan fingerprint density at radius 2 is 1.61 bits per heavy atom. The van der Waals surface area contributed by atoms with Gasteiger partial charge < -0.3 is 24.2 Å². The molecule has 0 N–H and O–H groups in total. The van der Waals surface area contributed by atoms with Crippen LogP contribution in [0.3, 0.4) is 0 Å². The SMILES string of the molecule is COc1ccc(CCN(C)c2cc(Cl)nc(SCc3ccc(C(=O)N4CCN(c5ccc([N+](=O)[O-])cc5)CC4)cc3)n2)cc1OC. The monoisotopic (exact) mass is 662 g/mol. The van der Waals surface area contributed by atoms with Crippen molar-refractivity contribution in [2.75, 3.05) is 63.8 Å². The van der Waals surface area contributed by atoms with Gasteiger partial charge in [0.15, 0.2) is 16.7 Å². The molecule has 5 rings (SSSR count). The number of carbonyl (C=O) groups is 1. The van der Waals surface area contributed by atoms with Gasteiger partial charge in [0.25, 0.3) is 11.6 Å². The quantitative estimate of drug-likeness (QED) is 0.0589. The van der Waals surface area contributed by atoms with Crippen molar-refractivity contribution < 1.29 is 19.2 Å². The third kappa shape index (κ3) is 8.18. The van der Waals surface area contributed by atoms with Crippen LogP contribution >= 0.6 is 23.4 Å². The van der Waals surface area contributed by atoms with Gasteiger partial charge in [0.1, 0.15) is 11.0 Å². The summed E-state index contributed by atoms with van der Waals surface area (Å²) in [6.45, 7) is 3.18. The Balaban J connectivity index is 1.12. The van der Waals surface area contributed by atoms with Crippen molar-refractivity contribution in [3.05, 3.63) is 105 Å². The van der Waals surface area contributed by atoms with Crippen LogP contribution in [0.2, 0.25) is 5.15 Å². The molecule has 1 fully saturated rings. The molecule has 3 aromatic carbocycles. The number of benzene rings is 3. The minimum absolute atomic E-state index is 0.0125. The zero-order valence-corrected chi connectivity index (χ0v) is 27.5. The largest absolute Gasteiger partial charge is 0.493 e. The lowest BCUT2D eigenvalue weighted by Crippen LogP contribution is -2.48. The number of halogens is 1. The van der Waals surface area contributed by atoms with Crippen molar-refractivity contribution in [3.8, 4) is 11.5 Å². The Morgan fingerprint density at radius 1 is 0.935 bits per heavy atom. The standard InChI is InChI=1S/C33H35ClN6O5S/c1-37(15-14-23-6-13-28(44-2)29(20-23)45-3)31-21-30(34)35-33(36-31)46-22-24-4-7-25(8-5-24)32(41)39-18-16-38(17-19-39)26-9-11-27(12-10-26)40(42)43/h4-13,20-21H,14-19,22H2,1-3H3. The molecule has 0 aliphatic carbocycles. The van der Waals surface area contributed by atoms with Crippen LogP contribution in [0.5, 0.6) is 11.5 Å².